The van der Waals surface area contributed by atoms with Crippen LogP contribution in [0.2, 0.25) is 0 Å². The molecule has 0 aromatic carbocycles. The predicted octanol–water partition coefficient (Wildman–Crippen LogP) is 3.12. The van der Waals surface area contributed by atoms with Gasteiger partial charge in [0.2, 0.25) is 0 Å². The third-order valence-corrected chi connectivity index (χ3v) is 2.88. The number of pyridine rings is 1. The van der Waals surface area contributed by atoms with Crippen LogP contribution < -0.4 is 0 Å². The van der Waals surface area contributed by atoms with Crippen LogP contribution in [0.15, 0.2) is 47.2 Å². The molecule has 0 radical (unpaired) electrons. The number of unbranched alkanes of at least 4 members (excludes halogenated alkanes) is 1. The van der Waals surface area contributed by atoms with E-state index in [1.807, 2.05) is 18.2 Å². The molecule has 1 amide bonds. The van der Waals surface area contributed by atoms with E-state index in [9.17, 15) is 4.79 Å². The maximum Gasteiger partial charge on any atom is 0.289 e. The zero-order valence-corrected chi connectivity index (χ0v) is 11.1. The van der Waals surface area contributed by atoms with Crippen LogP contribution in [0, 0.1) is 0 Å². The Morgan fingerprint density at radius 3 is 2.84 bits per heavy atom. The first-order chi connectivity index (χ1) is 9.31. The Balaban J connectivity index is 2.09. The fourth-order valence-corrected chi connectivity index (χ4v) is 1.84. The van der Waals surface area contributed by atoms with Crippen molar-refractivity contribution in [3.05, 3.63) is 54.2 Å². The highest BCUT2D eigenvalue weighted by atomic mass is 16.3. The predicted molar refractivity (Wildman–Crippen MR) is 72.6 cm³/mol. The first-order valence-electron chi connectivity index (χ1n) is 6.54. The minimum atomic E-state index is -0.0795. The van der Waals surface area contributed by atoms with Crippen LogP contribution in [0.4, 0.5) is 0 Å². The Morgan fingerprint density at radius 1 is 1.32 bits per heavy atom. The van der Waals surface area contributed by atoms with Gasteiger partial charge in [-0.25, -0.2) is 0 Å². The lowest BCUT2D eigenvalue weighted by atomic mass is 10.2. The van der Waals surface area contributed by atoms with Gasteiger partial charge in [-0.1, -0.05) is 19.4 Å². The molecule has 0 spiro atoms. The van der Waals surface area contributed by atoms with E-state index in [2.05, 4.69) is 11.9 Å². The SMILES string of the molecule is CCCCN(Cc1ccccn1)C(=O)c1ccco1. The fourth-order valence-electron chi connectivity index (χ4n) is 1.84. The maximum atomic E-state index is 12.3. The number of furan rings is 1. The van der Waals surface area contributed by atoms with Crippen LogP contribution in [0.3, 0.4) is 0 Å². The molecule has 100 valence electrons. The van der Waals surface area contributed by atoms with Gasteiger partial charge in [0.05, 0.1) is 18.5 Å². The van der Waals surface area contributed by atoms with Crippen LogP contribution >= 0.6 is 0 Å². The average Bonchev–Trinajstić information content (AvgIpc) is 2.98. The summed E-state index contributed by atoms with van der Waals surface area (Å²) in [5.74, 6) is 0.302. The molecule has 0 fully saturated rings. The maximum absolute atomic E-state index is 12.3. The summed E-state index contributed by atoms with van der Waals surface area (Å²) < 4.78 is 5.18. The minimum absolute atomic E-state index is 0.0795. The summed E-state index contributed by atoms with van der Waals surface area (Å²) in [4.78, 5) is 18.4. The van der Waals surface area contributed by atoms with Crippen molar-refractivity contribution < 1.29 is 9.21 Å². The minimum Gasteiger partial charge on any atom is -0.459 e. The van der Waals surface area contributed by atoms with E-state index in [0.29, 0.717) is 18.8 Å². The zero-order valence-electron chi connectivity index (χ0n) is 11.1. The molecule has 2 heterocycles. The van der Waals surface area contributed by atoms with Gasteiger partial charge in [0, 0.05) is 12.7 Å². The van der Waals surface area contributed by atoms with Gasteiger partial charge < -0.3 is 9.32 Å². The number of rotatable bonds is 6. The highest BCUT2D eigenvalue weighted by Crippen LogP contribution is 2.10. The fraction of sp³-hybridized carbons (Fsp3) is 0.333. The number of aromatic nitrogens is 1. The van der Waals surface area contributed by atoms with Gasteiger partial charge >= 0.3 is 0 Å². The van der Waals surface area contributed by atoms with Crippen LogP contribution in [-0.2, 0) is 6.54 Å². The van der Waals surface area contributed by atoms with E-state index < -0.39 is 0 Å². The van der Waals surface area contributed by atoms with Crippen molar-refractivity contribution in [3.8, 4) is 0 Å². The van der Waals surface area contributed by atoms with Gasteiger partial charge in [0.25, 0.3) is 5.91 Å². The molecule has 0 aliphatic carbocycles. The molecule has 2 rings (SSSR count). The van der Waals surface area contributed by atoms with Crippen molar-refractivity contribution in [2.45, 2.75) is 26.3 Å². The number of amides is 1. The first-order valence-corrected chi connectivity index (χ1v) is 6.54. The summed E-state index contributed by atoms with van der Waals surface area (Å²) in [6.07, 6.45) is 5.28. The smallest absolute Gasteiger partial charge is 0.289 e. The molecule has 0 N–H and O–H groups in total. The molecule has 0 aliphatic heterocycles. The number of carbonyl (C=O) groups excluding carboxylic acids is 1. The van der Waals surface area contributed by atoms with E-state index in [-0.39, 0.29) is 5.91 Å². The van der Waals surface area contributed by atoms with Crippen molar-refractivity contribution in [2.75, 3.05) is 6.54 Å². The molecule has 0 atom stereocenters. The van der Waals surface area contributed by atoms with Gasteiger partial charge in [-0.3, -0.25) is 9.78 Å². The van der Waals surface area contributed by atoms with Crippen molar-refractivity contribution >= 4 is 5.91 Å². The van der Waals surface area contributed by atoms with E-state index in [1.165, 1.54) is 6.26 Å². The molecule has 4 nitrogen and oxygen atoms in total. The van der Waals surface area contributed by atoms with Gasteiger partial charge in [-0.15, -0.1) is 0 Å². The lowest BCUT2D eigenvalue weighted by Gasteiger charge is -2.21. The van der Waals surface area contributed by atoms with Crippen LogP contribution in [0.1, 0.15) is 36.0 Å². The Bertz CT molecular complexity index is 494. The Labute approximate surface area is 113 Å². The highest BCUT2D eigenvalue weighted by molar-refractivity contribution is 5.91. The standard InChI is InChI=1S/C15H18N2O2/c1-2-3-10-17(12-13-7-4-5-9-16-13)15(18)14-8-6-11-19-14/h4-9,11H,2-3,10,12H2,1H3. The number of nitrogens with zero attached hydrogens (tertiary/aromatic N) is 2. The molecule has 2 aromatic rings. The molecule has 0 bridgehead atoms. The van der Waals surface area contributed by atoms with Crippen LogP contribution in [-0.4, -0.2) is 22.3 Å². The molecule has 0 unspecified atom stereocenters. The summed E-state index contributed by atoms with van der Waals surface area (Å²) in [7, 11) is 0. The van der Waals surface area contributed by atoms with Gasteiger partial charge in [0.15, 0.2) is 5.76 Å². The van der Waals surface area contributed by atoms with Crippen molar-refractivity contribution in [3.63, 3.8) is 0 Å². The van der Waals surface area contributed by atoms with Crippen molar-refractivity contribution in [2.24, 2.45) is 0 Å². The van der Waals surface area contributed by atoms with Gasteiger partial charge in [-0.05, 0) is 30.7 Å². The zero-order chi connectivity index (χ0) is 13.5. The summed E-state index contributed by atoms with van der Waals surface area (Å²) >= 11 is 0. The quantitative estimate of drug-likeness (QED) is 0.799. The molecule has 0 saturated heterocycles. The highest BCUT2D eigenvalue weighted by Gasteiger charge is 2.18. The largest absolute Gasteiger partial charge is 0.459 e. The average molecular weight is 258 g/mol. The van der Waals surface area contributed by atoms with Crippen molar-refractivity contribution in [1.29, 1.82) is 0 Å². The third kappa shape index (κ3) is 3.68. The molecule has 0 saturated carbocycles. The second-order valence-corrected chi connectivity index (χ2v) is 4.38. The monoisotopic (exact) mass is 258 g/mol. The second-order valence-electron chi connectivity index (χ2n) is 4.38. The van der Waals surface area contributed by atoms with E-state index in [1.54, 1.807) is 23.2 Å². The Kier molecular flexibility index (Phi) is 4.72. The first kappa shape index (κ1) is 13.3. The lowest BCUT2D eigenvalue weighted by molar-refractivity contribution is 0.0706. The molecular weight excluding hydrogens is 240 g/mol. The number of hydrogen-bond acceptors (Lipinski definition) is 3. The van der Waals surface area contributed by atoms with Gasteiger partial charge in [0.1, 0.15) is 0 Å². The summed E-state index contributed by atoms with van der Waals surface area (Å²) in [5.41, 5.74) is 0.888. The molecule has 19 heavy (non-hydrogen) atoms. The van der Waals surface area contributed by atoms with Gasteiger partial charge in [-0.2, -0.15) is 0 Å². The lowest BCUT2D eigenvalue weighted by Crippen LogP contribution is -2.31. The van der Waals surface area contributed by atoms with E-state index in [0.717, 1.165) is 18.5 Å². The Hall–Kier alpha value is -2.10. The number of hydrogen-bond donors (Lipinski definition) is 0. The molecular formula is C15H18N2O2. The second kappa shape index (κ2) is 6.73. The summed E-state index contributed by atoms with van der Waals surface area (Å²) in [5, 5.41) is 0. The van der Waals surface area contributed by atoms with E-state index in [4.69, 9.17) is 4.42 Å². The Morgan fingerprint density at radius 2 is 2.21 bits per heavy atom. The third-order valence-electron chi connectivity index (χ3n) is 2.88. The molecule has 4 heteroatoms. The van der Waals surface area contributed by atoms with Crippen LogP contribution in [0.25, 0.3) is 0 Å². The van der Waals surface area contributed by atoms with E-state index >= 15 is 0 Å². The molecule has 2 aromatic heterocycles. The molecule has 0 aliphatic rings. The number of carbonyl (C=O) groups is 1. The summed E-state index contributed by atoms with van der Waals surface area (Å²) in [6.45, 7) is 3.34. The summed E-state index contributed by atoms with van der Waals surface area (Å²) in [6, 6.07) is 9.14. The normalized spacial score (nSPS) is 10.4. The topological polar surface area (TPSA) is 46.3 Å². The van der Waals surface area contributed by atoms with Crippen LogP contribution in [0.5, 0.6) is 0 Å². The van der Waals surface area contributed by atoms with Crippen molar-refractivity contribution in [1.82, 2.24) is 9.88 Å².